The molecule has 21 heavy (non-hydrogen) atoms. The number of alkyl halides is 3. The fourth-order valence-electron chi connectivity index (χ4n) is 2.43. The molecule has 0 aromatic heterocycles. The number of nitrogens with zero attached hydrogens (tertiary/aromatic N) is 2. The molecule has 1 saturated heterocycles. The van der Waals surface area contributed by atoms with E-state index in [4.69, 9.17) is 5.26 Å². The van der Waals surface area contributed by atoms with Gasteiger partial charge in [0.1, 0.15) is 0 Å². The highest BCUT2D eigenvalue weighted by Crippen LogP contribution is 2.35. The van der Waals surface area contributed by atoms with Crippen LogP contribution in [-0.4, -0.2) is 25.5 Å². The SMILES string of the molecule is CNC1CCCN(c2ccc(C#N)c(C(F)(F)F)c2)C1=O. The number of rotatable bonds is 2. The summed E-state index contributed by atoms with van der Waals surface area (Å²) in [6.07, 6.45) is -3.25. The molecule has 0 aliphatic carbocycles. The number of likely N-dealkylation sites (N-methyl/N-ethyl adjacent to an activating group) is 1. The van der Waals surface area contributed by atoms with Crippen LogP contribution in [0.3, 0.4) is 0 Å². The first-order valence-electron chi connectivity index (χ1n) is 6.48. The fourth-order valence-corrected chi connectivity index (χ4v) is 2.43. The lowest BCUT2D eigenvalue weighted by Gasteiger charge is -2.32. The summed E-state index contributed by atoms with van der Waals surface area (Å²) in [6, 6.07) is 4.50. The molecule has 0 saturated carbocycles. The number of carbonyl (C=O) groups is 1. The van der Waals surface area contributed by atoms with Gasteiger partial charge in [0.2, 0.25) is 5.91 Å². The number of hydrogen-bond donors (Lipinski definition) is 1. The molecule has 7 heteroatoms. The smallest absolute Gasteiger partial charge is 0.311 e. The Morgan fingerprint density at radius 2 is 2.14 bits per heavy atom. The average Bonchev–Trinajstić information content (AvgIpc) is 2.46. The van der Waals surface area contributed by atoms with Crippen molar-refractivity contribution in [2.24, 2.45) is 0 Å². The highest BCUT2D eigenvalue weighted by Gasteiger charge is 2.35. The van der Waals surface area contributed by atoms with Gasteiger partial charge in [-0.3, -0.25) is 4.79 Å². The summed E-state index contributed by atoms with van der Waals surface area (Å²) < 4.78 is 38.9. The molecular weight excluding hydrogens is 283 g/mol. The maximum Gasteiger partial charge on any atom is 0.417 e. The minimum atomic E-state index is -4.62. The molecule has 1 aromatic rings. The normalized spacial score (nSPS) is 19.5. The van der Waals surface area contributed by atoms with Crippen molar-refractivity contribution in [2.75, 3.05) is 18.5 Å². The van der Waals surface area contributed by atoms with E-state index >= 15 is 0 Å². The van der Waals surface area contributed by atoms with E-state index in [0.29, 0.717) is 19.4 Å². The molecule has 1 unspecified atom stereocenters. The largest absolute Gasteiger partial charge is 0.417 e. The topological polar surface area (TPSA) is 56.1 Å². The second-order valence-electron chi connectivity index (χ2n) is 4.81. The minimum absolute atomic E-state index is 0.172. The number of nitriles is 1. The van der Waals surface area contributed by atoms with Gasteiger partial charge in [-0.25, -0.2) is 0 Å². The van der Waals surface area contributed by atoms with E-state index in [1.54, 1.807) is 7.05 Å². The van der Waals surface area contributed by atoms with E-state index in [0.717, 1.165) is 12.1 Å². The molecule has 0 radical (unpaired) electrons. The maximum atomic E-state index is 13.0. The lowest BCUT2D eigenvalue weighted by Crippen LogP contribution is -2.49. The number of anilines is 1. The van der Waals surface area contributed by atoms with Crippen LogP contribution in [0.4, 0.5) is 18.9 Å². The molecule has 1 amide bonds. The van der Waals surface area contributed by atoms with Crippen LogP contribution in [0.15, 0.2) is 18.2 Å². The van der Waals surface area contributed by atoms with E-state index in [-0.39, 0.29) is 17.6 Å². The Balaban J connectivity index is 2.41. The third-order valence-corrected chi connectivity index (χ3v) is 3.53. The van der Waals surface area contributed by atoms with Crippen LogP contribution in [0.2, 0.25) is 0 Å². The Hall–Kier alpha value is -2.07. The van der Waals surface area contributed by atoms with Crippen LogP contribution >= 0.6 is 0 Å². The summed E-state index contributed by atoms with van der Waals surface area (Å²) in [7, 11) is 1.64. The average molecular weight is 297 g/mol. The monoisotopic (exact) mass is 297 g/mol. The van der Waals surface area contributed by atoms with Gasteiger partial charge in [0.25, 0.3) is 0 Å². The summed E-state index contributed by atoms with van der Waals surface area (Å²) in [4.78, 5) is 13.5. The maximum absolute atomic E-state index is 13.0. The van der Waals surface area contributed by atoms with Crippen molar-refractivity contribution in [3.8, 4) is 6.07 Å². The highest BCUT2D eigenvalue weighted by molar-refractivity contribution is 5.98. The molecule has 4 nitrogen and oxygen atoms in total. The van der Waals surface area contributed by atoms with Crippen LogP contribution < -0.4 is 10.2 Å². The molecule has 112 valence electrons. The molecule has 1 fully saturated rings. The summed E-state index contributed by atoms with van der Waals surface area (Å²) in [5.74, 6) is -0.249. The van der Waals surface area contributed by atoms with Crippen LogP contribution in [0.5, 0.6) is 0 Å². The first kappa shape index (κ1) is 15.3. The molecule has 2 rings (SSSR count). The van der Waals surface area contributed by atoms with Gasteiger partial charge in [-0.15, -0.1) is 0 Å². The van der Waals surface area contributed by atoms with E-state index in [1.165, 1.54) is 17.0 Å². The zero-order valence-electron chi connectivity index (χ0n) is 11.4. The summed E-state index contributed by atoms with van der Waals surface area (Å²) in [5.41, 5.74) is -1.28. The second-order valence-corrected chi connectivity index (χ2v) is 4.81. The van der Waals surface area contributed by atoms with Crippen molar-refractivity contribution < 1.29 is 18.0 Å². The molecule has 1 heterocycles. The van der Waals surface area contributed by atoms with Crippen LogP contribution in [0.1, 0.15) is 24.0 Å². The van der Waals surface area contributed by atoms with Crippen molar-refractivity contribution in [2.45, 2.75) is 25.1 Å². The Bertz CT molecular complexity index is 592. The third-order valence-electron chi connectivity index (χ3n) is 3.53. The second kappa shape index (κ2) is 5.74. The van der Waals surface area contributed by atoms with E-state index in [1.807, 2.05) is 0 Å². The number of piperidine rings is 1. The Morgan fingerprint density at radius 3 is 2.71 bits per heavy atom. The van der Waals surface area contributed by atoms with Gasteiger partial charge in [-0.2, -0.15) is 18.4 Å². The molecular formula is C14H14F3N3O. The van der Waals surface area contributed by atoms with Gasteiger partial charge in [0.15, 0.2) is 0 Å². The van der Waals surface area contributed by atoms with E-state index < -0.39 is 17.3 Å². The van der Waals surface area contributed by atoms with Gasteiger partial charge in [-0.1, -0.05) is 0 Å². The van der Waals surface area contributed by atoms with Crippen molar-refractivity contribution in [3.05, 3.63) is 29.3 Å². The van der Waals surface area contributed by atoms with Gasteiger partial charge >= 0.3 is 6.18 Å². The summed E-state index contributed by atoms with van der Waals surface area (Å²) in [5, 5.41) is 11.6. The minimum Gasteiger partial charge on any atom is -0.311 e. The van der Waals surface area contributed by atoms with Crippen LogP contribution in [-0.2, 0) is 11.0 Å². The molecule has 1 aromatic carbocycles. The molecule has 1 atom stereocenters. The quantitative estimate of drug-likeness (QED) is 0.911. The molecule has 1 N–H and O–H groups in total. The Kier molecular flexibility index (Phi) is 4.19. The van der Waals surface area contributed by atoms with Crippen molar-refractivity contribution >= 4 is 11.6 Å². The van der Waals surface area contributed by atoms with Crippen molar-refractivity contribution in [3.63, 3.8) is 0 Å². The molecule has 1 aliphatic heterocycles. The van der Waals surface area contributed by atoms with Crippen LogP contribution in [0, 0.1) is 11.3 Å². The number of carbonyl (C=O) groups excluding carboxylic acids is 1. The Morgan fingerprint density at radius 1 is 1.43 bits per heavy atom. The highest BCUT2D eigenvalue weighted by atomic mass is 19.4. The van der Waals surface area contributed by atoms with Gasteiger partial charge < -0.3 is 10.2 Å². The lowest BCUT2D eigenvalue weighted by molar-refractivity contribution is -0.137. The zero-order valence-corrected chi connectivity index (χ0v) is 11.4. The first-order valence-corrected chi connectivity index (χ1v) is 6.48. The number of hydrogen-bond acceptors (Lipinski definition) is 3. The number of amides is 1. The summed E-state index contributed by atoms with van der Waals surface area (Å²) >= 11 is 0. The summed E-state index contributed by atoms with van der Waals surface area (Å²) in [6.45, 7) is 0.375. The molecule has 0 spiro atoms. The lowest BCUT2D eigenvalue weighted by atomic mass is 10.0. The fraction of sp³-hybridized carbons (Fsp3) is 0.429. The van der Waals surface area contributed by atoms with Crippen molar-refractivity contribution in [1.82, 2.24) is 5.32 Å². The van der Waals surface area contributed by atoms with Crippen LogP contribution in [0.25, 0.3) is 0 Å². The molecule has 0 bridgehead atoms. The number of nitrogens with one attached hydrogen (secondary N) is 1. The predicted octanol–water partition coefficient (Wildman–Crippen LogP) is 2.29. The number of benzene rings is 1. The standard InChI is InChI=1S/C14H14F3N3O/c1-19-12-3-2-6-20(13(12)21)10-5-4-9(8-18)11(7-10)14(15,16)17/h4-5,7,12,19H,2-3,6H2,1H3. The Labute approximate surface area is 120 Å². The number of halogens is 3. The van der Waals surface area contributed by atoms with E-state index in [2.05, 4.69) is 5.32 Å². The zero-order chi connectivity index (χ0) is 15.6. The predicted molar refractivity (Wildman–Crippen MR) is 70.6 cm³/mol. The van der Waals surface area contributed by atoms with Crippen molar-refractivity contribution in [1.29, 1.82) is 5.26 Å². The van der Waals surface area contributed by atoms with Gasteiger partial charge in [0.05, 0.1) is 23.2 Å². The van der Waals surface area contributed by atoms with E-state index in [9.17, 15) is 18.0 Å². The van der Waals surface area contributed by atoms with Gasteiger partial charge in [0, 0.05) is 12.2 Å². The molecule has 1 aliphatic rings. The third kappa shape index (κ3) is 3.00. The van der Waals surface area contributed by atoms with Gasteiger partial charge in [-0.05, 0) is 38.1 Å². The first-order chi connectivity index (χ1) is 9.88.